The van der Waals surface area contributed by atoms with Crippen molar-refractivity contribution < 1.29 is 14.3 Å². The topological polar surface area (TPSA) is 46.6 Å². The van der Waals surface area contributed by atoms with Gasteiger partial charge in [0.2, 0.25) is 5.91 Å². The third-order valence-electron chi connectivity index (χ3n) is 2.72. The Morgan fingerprint density at radius 3 is 2.95 bits per heavy atom. The number of hydrogen-bond acceptors (Lipinski definition) is 4. The van der Waals surface area contributed by atoms with E-state index in [1.807, 2.05) is 25.3 Å². The highest BCUT2D eigenvalue weighted by atomic mass is 32.2. The van der Waals surface area contributed by atoms with Crippen molar-refractivity contribution in [1.29, 1.82) is 0 Å². The number of benzene rings is 1. The molecule has 20 heavy (non-hydrogen) atoms. The Morgan fingerprint density at radius 1 is 1.45 bits per heavy atom. The summed E-state index contributed by atoms with van der Waals surface area (Å²) in [6, 6.07) is 7.19. The Kier molecular flexibility index (Phi) is 4.84. The van der Waals surface area contributed by atoms with E-state index in [0.29, 0.717) is 17.9 Å². The summed E-state index contributed by atoms with van der Waals surface area (Å²) in [4.78, 5) is 25.2. The first-order valence-electron chi connectivity index (χ1n) is 6.44. The summed E-state index contributed by atoms with van der Waals surface area (Å²) in [5, 5.41) is 1.90. The SMILES string of the molecule is CC(C)OC(=O)c1cccc(CN2C=CSCC2=O)c1. The average molecular weight is 291 g/mol. The molecule has 0 aromatic heterocycles. The molecule has 106 valence electrons. The number of carbonyl (C=O) groups is 2. The van der Waals surface area contributed by atoms with Crippen LogP contribution in [0.1, 0.15) is 29.8 Å². The maximum Gasteiger partial charge on any atom is 0.338 e. The van der Waals surface area contributed by atoms with Gasteiger partial charge < -0.3 is 9.64 Å². The van der Waals surface area contributed by atoms with Gasteiger partial charge in [-0.3, -0.25) is 4.79 Å². The van der Waals surface area contributed by atoms with Gasteiger partial charge in [-0.1, -0.05) is 12.1 Å². The summed E-state index contributed by atoms with van der Waals surface area (Å²) in [6.45, 7) is 4.10. The van der Waals surface area contributed by atoms with Gasteiger partial charge in [0.25, 0.3) is 0 Å². The summed E-state index contributed by atoms with van der Waals surface area (Å²) in [5.74, 6) is 0.205. The molecule has 0 spiro atoms. The van der Waals surface area contributed by atoms with Gasteiger partial charge in [-0.05, 0) is 37.0 Å². The molecule has 1 aromatic carbocycles. The number of nitrogens with zero attached hydrogens (tertiary/aromatic N) is 1. The maximum atomic E-state index is 11.8. The molecule has 1 aliphatic heterocycles. The first-order chi connectivity index (χ1) is 9.56. The van der Waals surface area contributed by atoms with E-state index in [-0.39, 0.29) is 18.0 Å². The van der Waals surface area contributed by atoms with E-state index in [0.717, 1.165) is 5.56 Å². The third-order valence-corrected chi connectivity index (χ3v) is 3.45. The third kappa shape index (κ3) is 3.87. The number of amides is 1. The Bertz CT molecular complexity index is 540. The van der Waals surface area contributed by atoms with Crippen molar-refractivity contribution in [3.05, 3.63) is 47.0 Å². The first kappa shape index (κ1) is 14.7. The molecular weight excluding hydrogens is 274 g/mol. The molecule has 0 unspecified atom stereocenters. The van der Waals surface area contributed by atoms with Gasteiger partial charge in [0, 0.05) is 6.20 Å². The van der Waals surface area contributed by atoms with Crippen molar-refractivity contribution in [2.24, 2.45) is 0 Å². The van der Waals surface area contributed by atoms with Crippen molar-refractivity contribution >= 4 is 23.6 Å². The van der Waals surface area contributed by atoms with Crippen LogP contribution in [0.3, 0.4) is 0 Å². The van der Waals surface area contributed by atoms with Crippen LogP contribution in [0, 0.1) is 0 Å². The van der Waals surface area contributed by atoms with Crippen LogP contribution in [-0.2, 0) is 16.1 Å². The molecule has 0 N–H and O–H groups in total. The quantitative estimate of drug-likeness (QED) is 0.800. The molecule has 0 aliphatic carbocycles. The van der Waals surface area contributed by atoms with Crippen molar-refractivity contribution in [2.45, 2.75) is 26.5 Å². The van der Waals surface area contributed by atoms with Crippen LogP contribution in [0.4, 0.5) is 0 Å². The number of rotatable bonds is 4. The molecule has 1 heterocycles. The lowest BCUT2D eigenvalue weighted by molar-refractivity contribution is -0.126. The van der Waals surface area contributed by atoms with Crippen LogP contribution < -0.4 is 0 Å². The number of esters is 1. The number of ether oxygens (including phenoxy) is 1. The second-order valence-corrected chi connectivity index (χ2v) is 5.67. The van der Waals surface area contributed by atoms with Crippen molar-refractivity contribution in [3.8, 4) is 0 Å². The monoisotopic (exact) mass is 291 g/mol. The zero-order valence-electron chi connectivity index (χ0n) is 11.5. The molecule has 0 saturated carbocycles. The van der Waals surface area contributed by atoms with Crippen molar-refractivity contribution in [1.82, 2.24) is 4.90 Å². The molecular formula is C15H17NO3S. The fraction of sp³-hybridized carbons (Fsp3) is 0.333. The Morgan fingerprint density at radius 2 is 2.25 bits per heavy atom. The molecule has 0 fully saturated rings. The van der Waals surface area contributed by atoms with E-state index in [9.17, 15) is 9.59 Å². The lowest BCUT2D eigenvalue weighted by Gasteiger charge is -2.21. The summed E-state index contributed by atoms with van der Waals surface area (Å²) in [7, 11) is 0. The fourth-order valence-corrected chi connectivity index (χ4v) is 2.46. The van der Waals surface area contributed by atoms with Gasteiger partial charge in [0.05, 0.1) is 24.0 Å². The van der Waals surface area contributed by atoms with E-state index in [1.165, 1.54) is 11.8 Å². The van der Waals surface area contributed by atoms with Crippen molar-refractivity contribution in [3.63, 3.8) is 0 Å². The minimum absolute atomic E-state index is 0.0765. The smallest absolute Gasteiger partial charge is 0.338 e. The van der Waals surface area contributed by atoms with Gasteiger partial charge in [0.1, 0.15) is 0 Å². The predicted octanol–water partition coefficient (Wildman–Crippen LogP) is 2.80. The number of carbonyl (C=O) groups excluding carboxylic acids is 2. The largest absolute Gasteiger partial charge is 0.459 e. The minimum Gasteiger partial charge on any atom is -0.459 e. The highest BCUT2D eigenvalue weighted by Gasteiger charge is 2.15. The van der Waals surface area contributed by atoms with E-state index >= 15 is 0 Å². The van der Waals surface area contributed by atoms with E-state index in [2.05, 4.69) is 0 Å². The molecule has 0 saturated heterocycles. The molecule has 1 aromatic rings. The zero-order valence-corrected chi connectivity index (χ0v) is 12.4. The molecule has 0 atom stereocenters. The van der Waals surface area contributed by atoms with Crippen LogP contribution in [0.15, 0.2) is 35.9 Å². The Balaban J connectivity index is 2.09. The lowest BCUT2D eigenvalue weighted by atomic mass is 10.1. The fourth-order valence-electron chi connectivity index (χ4n) is 1.82. The van der Waals surface area contributed by atoms with Crippen LogP contribution in [0.5, 0.6) is 0 Å². The normalized spacial score (nSPS) is 14.8. The number of thioether (sulfide) groups is 1. The number of hydrogen-bond donors (Lipinski definition) is 0. The van der Waals surface area contributed by atoms with Crippen LogP contribution in [0.25, 0.3) is 0 Å². The van der Waals surface area contributed by atoms with E-state index < -0.39 is 0 Å². The first-order valence-corrected chi connectivity index (χ1v) is 7.49. The molecule has 1 aliphatic rings. The molecule has 4 nitrogen and oxygen atoms in total. The second kappa shape index (κ2) is 6.61. The van der Waals surface area contributed by atoms with Gasteiger partial charge in [-0.15, -0.1) is 11.8 Å². The van der Waals surface area contributed by atoms with Gasteiger partial charge in [-0.2, -0.15) is 0 Å². The minimum atomic E-state index is -0.335. The molecule has 0 bridgehead atoms. The van der Waals surface area contributed by atoms with Crippen LogP contribution in [-0.4, -0.2) is 28.6 Å². The summed E-state index contributed by atoms with van der Waals surface area (Å²) < 4.78 is 5.17. The summed E-state index contributed by atoms with van der Waals surface area (Å²) >= 11 is 1.49. The molecule has 5 heteroatoms. The summed E-state index contributed by atoms with van der Waals surface area (Å²) in [6.07, 6.45) is 1.63. The van der Waals surface area contributed by atoms with E-state index in [1.54, 1.807) is 29.3 Å². The van der Waals surface area contributed by atoms with Gasteiger partial charge in [0.15, 0.2) is 0 Å². The maximum absolute atomic E-state index is 11.8. The van der Waals surface area contributed by atoms with Crippen molar-refractivity contribution in [2.75, 3.05) is 5.75 Å². The molecule has 1 amide bonds. The second-order valence-electron chi connectivity index (χ2n) is 4.77. The van der Waals surface area contributed by atoms with Gasteiger partial charge in [-0.25, -0.2) is 4.79 Å². The molecule has 0 radical (unpaired) electrons. The Labute approximate surface area is 122 Å². The lowest BCUT2D eigenvalue weighted by Crippen LogP contribution is -2.28. The highest BCUT2D eigenvalue weighted by Crippen LogP contribution is 2.16. The summed E-state index contributed by atoms with van der Waals surface area (Å²) in [5.41, 5.74) is 1.42. The molecule has 2 rings (SSSR count). The standard InChI is InChI=1S/C15H17NO3S/c1-11(2)19-15(18)13-5-3-4-12(8-13)9-16-6-7-20-10-14(16)17/h3-8,11H,9-10H2,1-2H3. The zero-order chi connectivity index (χ0) is 14.5. The predicted molar refractivity (Wildman–Crippen MR) is 79.1 cm³/mol. The highest BCUT2D eigenvalue weighted by molar-refractivity contribution is 8.02. The van der Waals surface area contributed by atoms with Crippen LogP contribution in [0.2, 0.25) is 0 Å². The average Bonchev–Trinajstić information content (AvgIpc) is 2.41. The Hall–Kier alpha value is -1.75. The van der Waals surface area contributed by atoms with Gasteiger partial charge >= 0.3 is 5.97 Å². The van der Waals surface area contributed by atoms with E-state index in [4.69, 9.17) is 4.74 Å². The van der Waals surface area contributed by atoms with Crippen LogP contribution >= 0.6 is 11.8 Å².